The van der Waals surface area contributed by atoms with Crippen LogP contribution in [0.3, 0.4) is 0 Å². The smallest absolute Gasteiger partial charge is 0.311 e. The Bertz CT molecular complexity index is 1910. The summed E-state index contributed by atoms with van der Waals surface area (Å²) in [5.41, 5.74) is -6.62. The highest BCUT2D eigenvalue weighted by molar-refractivity contribution is 6.01. The number of rotatable bonds is 9. The lowest BCUT2D eigenvalue weighted by Gasteiger charge is -2.61. The highest BCUT2D eigenvalue weighted by Crippen LogP contribution is 2.69. The van der Waals surface area contributed by atoms with E-state index in [1.54, 1.807) is 40.7 Å². The van der Waals surface area contributed by atoms with E-state index in [0.29, 0.717) is 45.2 Å². The standard InChI is InChI=1S/C53H88FN3O12/c1-14-40-52(11,66)44(62)33(7)57(27-28(2)25-51(10,65)45(31(5)42(60)32(6)47(64)68-40)69-48-43(61)38(56(12)13)23-30(4)67-48)21-15-20-55-46(63)41-29(3)22-37-36-17-16-34-24-35(58)18-19-50(34,9)53(36,54)39(59)26-49(37,41)8/h18-19,24,28-33,36-45,48,59-62,65-66H,14-17,20-23,25-27H2,1-13H3,(H,55,63)/t28-,29-,30-,31+,32-,33-,36+,37+,38+,39+,40-,41-,42+,43-,44-,45-,48+,49+,50+,51-,52-,53+/m1/s1. The number of aliphatic hydroxyl groups is 6. The summed E-state index contributed by atoms with van der Waals surface area (Å²) in [6, 6.07) is -1.02. The summed E-state index contributed by atoms with van der Waals surface area (Å²) in [6.45, 7) is 20.4. The molecule has 15 nitrogen and oxygen atoms in total. The van der Waals surface area contributed by atoms with Crippen LogP contribution in [0.15, 0.2) is 23.8 Å². The van der Waals surface area contributed by atoms with E-state index in [4.69, 9.17) is 14.2 Å². The van der Waals surface area contributed by atoms with Gasteiger partial charge in [-0.2, -0.15) is 0 Å². The fraction of sp³-hybridized carbons (Fsp3) is 0.868. The zero-order chi connectivity index (χ0) is 51.5. The molecule has 2 aliphatic heterocycles. The molecule has 0 aromatic carbocycles. The zero-order valence-electron chi connectivity index (χ0n) is 43.7. The van der Waals surface area contributed by atoms with Gasteiger partial charge in [0.25, 0.3) is 0 Å². The Morgan fingerprint density at radius 2 is 1.64 bits per heavy atom. The number of ketones is 1. The molecule has 5 fully saturated rings. The van der Waals surface area contributed by atoms with Crippen molar-refractivity contribution in [2.45, 2.75) is 206 Å². The Morgan fingerprint density at radius 1 is 0.971 bits per heavy atom. The molecule has 22 atom stereocenters. The number of ether oxygens (including phenoxy) is 3. The molecule has 0 unspecified atom stereocenters. The van der Waals surface area contributed by atoms with Crippen molar-refractivity contribution in [3.8, 4) is 0 Å². The van der Waals surface area contributed by atoms with E-state index < -0.39 is 106 Å². The molecule has 0 radical (unpaired) electrons. The van der Waals surface area contributed by atoms with Gasteiger partial charge < -0.3 is 55.1 Å². The van der Waals surface area contributed by atoms with Gasteiger partial charge in [0.1, 0.15) is 23.9 Å². The first-order valence-electron chi connectivity index (χ1n) is 26.0. The van der Waals surface area contributed by atoms with Gasteiger partial charge in [-0.1, -0.05) is 46.3 Å². The van der Waals surface area contributed by atoms with Crippen LogP contribution in [0.1, 0.15) is 128 Å². The molecule has 394 valence electrons. The van der Waals surface area contributed by atoms with Crippen molar-refractivity contribution in [2.75, 3.05) is 33.7 Å². The molecule has 4 aliphatic carbocycles. The molecule has 1 amide bonds. The third-order valence-corrected chi connectivity index (χ3v) is 18.5. The van der Waals surface area contributed by atoms with E-state index in [0.717, 1.165) is 5.57 Å². The average molecular weight is 978 g/mol. The van der Waals surface area contributed by atoms with Gasteiger partial charge >= 0.3 is 5.97 Å². The average Bonchev–Trinajstić information content (AvgIpc) is 3.53. The lowest BCUT2D eigenvalue weighted by molar-refractivity contribution is -0.299. The van der Waals surface area contributed by atoms with Crippen molar-refractivity contribution in [2.24, 2.45) is 52.3 Å². The zero-order valence-corrected chi connectivity index (χ0v) is 43.7. The van der Waals surface area contributed by atoms with E-state index in [1.165, 1.54) is 26.0 Å². The van der Waals surface area contributed by atoms with Crippen LogP contribution < -0.4 is 5.32 Å². The number of likely N-dealkylation sites (N-methyl/N-ethyl adjacent to an activating group) is 1. The molecule has 0 bridgehead atoms. The summed E-state index contributed by atoms with van der Waals surface area (Å²) in [5, 5.41) is 74.8. The molecular weight excluding hydrogens is 890 g/mol. The number of carbonyl (C=O) groups is 3. The van der Waals surface area contributed by atoms with Crippen LogP contribution in [0.25, 0.3) is 0 Å². The number of cyclic esters (lactones) is 1. The van der Waals surface area contributed by atoms with Crippen molar-refractivity contribution < 1.29 is 63.6 Å². The number of amides is 1. The number of esters is 1. The van der Waals surface area contributed by atoms with Gasteiger partial charge in [0.05, 0.1) is 35.9 Å². The predicted octanol–water partition coefficient (Wildman–Crippen LogP) is 4.09. The molecule has 0 spiro atoms. The maximum atomic E-state index is 17.8. The van der Waals surface area contributed by atoms with Crippen molar-refractivity contribution in [3.05, 3.63) is 23.8 Å². The fourth-order valence-corrected chi connectivity index (χ4v) is 14.6. The van der Waals surface area contributed by atoms with Crippen LogP contribution in [-0.4, -0.2) is 170 Å². The number of aliphatic hydroxyl groups excluding tert-OH is 4. The monoisotopic (exact) mass is 978 g/mol. The van der Waals surface area contributed by atoms with Gasteiger partial charge in [0.15, 0.2) is 17.7 Å². The van der Waals surface area contributed by atoms with Crippen LogP contribution in [0.5, 0.6) is 0 Å². The van der Waals surface area contributed by atoms with Crippen molar-refractivity contribution >= 4 is 17.7 Å². The number of halogens is 1. The van der Waals surface area contributed by atoms with Gasteiger partial charge in [0.2, 0.25) is 5.91 Å². The Kier molecular flexibility index (Phi) is 16.9. The number of nitrogens with one attached hydrogen (secondary N) is 1. The van der Waals surface area contributed by atoms with E-state index >= 15 is 4.39 Å². The largest absolute Gasteiger partial charge is 0.459 e. The van der Waals surface area contributed by atoms with Gasteiger partial charge in [-0.05, 0) is 142 Å². The van der Waals surface area contributed by atoms with Crippen molar-refractivity contribution in [1.29, 1.82) is 0 Å². The van der Waals surface area contributed by atoms with E-state index in [9.17, 15) is 45.0 Å². The normalized spacial score (nSPS) is 49.2. The molecule has 7 N–H and O–H groups in total. The van der Waals surface area contributed by atoms with Gasteiger partial charge in [-0.15, -0.1) is 0 Å². The van der Waals surface area contributed by atoms with Crippen LogP contribution in [-0.2, 0) is 28.6 Å². The van der Waals surface area contributed by atoms with Crippen LogP contribution in [0.4, 0.5) is 4.39 Å². The molecule has 0 aromatic rings. The third kappa shape index (κ3) is 10.3. The first-order chi connectivity index (χ1) is 32.0. The minimum Gasteiger partial charge on any atom is -0.459 e. The van der Waals surface area contributed by atoms with Gasteiger partial charge in [-0.25, -0.2) is 4.39 Å². The van der Waals surface area contributed by atoms with Crippen LogP contribution >= 0.6 is 0 Å². The SMILES string of the molecule is CC[C@H]1OC(=O)[C@H](C)[C@@H](O)[C@H](C)[C@@H](O[C@@H]2O[C@H](C)C[C@H](N(C)C)[C@H]2O)[C@](C)(O)C[C@@H](C)CN(CCCNC(=O)[C@H]2[C@H](C)C[C@H]3[C@@H]4CCC5=CC(=O)C=C[C@]5(C)[C@@]4(F)[C@@H](O)C[C@@]32C)[C@H](C)[C@@H](O)[C@]1(C)O. The maximum Gasteiger partial charge on any atom is 0.311 e. The molecule has 16 heteroatoms. The second-order valence-electron chi connectivity index (χ2n) is 23.9. The fourth-order valence-electron chi connectivity index (χ4n) is 14.6. The summed E-state index contributed by atoms with van der Waals surface area (Å²) < 4.78 is 36.4. The minimum absolute atomic E-state index is 0.0765. The lowest BCUT2D eigenvalue weighted by atomic mass is 9.45. The lowest BCUT2D eigenvalue weighted by Crippen LogP contribution is -2.67. The second-order valence-corrected chi connectivity index (χ2v) is 23.9. The molecule has 6 rings (SSSR count). The second kappa shape index (κ2) is 20.9. The summed E-state index contributed by atoms with van der Waals surface area (Å²) in [5.74, 6) is -4.62. The predicted molar refractivity (Wildman–Crippen MR) is 258 cm³/mol. The minimum atomic E-state index is -1.98. The molecule has 6 aliphatic rings. The summed E-state index contributed by atoms with van der Waals surface area (Å²) >= 11 is 0. The Morgan fingerprint density at radius 3 is 2.28 bits per heavy atom. The first kappa shape index (κ1) is 55.9. The molecule has 0 aromatic heterocycles. The molecular formula is C53H88FN3O12. The highest BCUT2D eigenvalue weighted by atomic mass is 19.1. The number of fused-ring (bicyclic) bond motifs is 5. The van der Waals surface area contributed by atoms with Crippen molar-refractivity contribution in [1.82, 2.24) is 15.1 Å². The van der Waals surface area contributed by atoms with Gasteiger partial charge in [0, 0.05) is 54.9 Å². The van der Waals surface area contributed by atoms with Gasteiger partial charge in [-0.3, -0.25) is 19.3 Å². The number of hydrogen-bond acceptors (Lipinski definition) is 14. The third-order valence-electron chi connectivity index (χ3n) is 18.5. The summed E-state index contributed by atoms with van der Waals surface area (Å²) in [4.78, 5) is 44.4. The van der Waals surface area contributed by atoms with Crippen LogP contribution in [0.2, 0.25) is 0 Å². The quantitative estimate of drug-likeness (QED) is 0.128. The number of nitrogens with zero attached hydrogens (tertiary/aromatic N) is 2. The summed E-state index contributed by atoms with van der Waals surface area (Å²) in [6.07, 6.45) is -1.32. The number of allylic oxidation sites excluding steroid dienone is 4. The highest BCUT2D eigenvalue weighted by Gasteiger charge is 2.72. The Hall–Kier alpha value is -2.38. The Labute approximate surface area is 410 Å². The van der Waals surface area contributed by atoms with E-state index in [2.05, 4.69) is 5.32 Å². The number of carbonyl (C=O) groups excluding carboxylic acids is 3. The van der Waals surface area contributed by atoms with Crippen molar-refractivity contribution in [3.63, 3.8) is 0 Å². The molecule has 69 heavy (non-hydrogen) atoms. The first-order valence-corrected chi connectivity index (χ1v) is 26.0. The molecule has 2 saturated heterocycles. The Balaban J connectivity index is 1.21. The maximum absolute atomic E-state index is 17.8. The summed E-state index contributed by atoms with van der Waals surface area (Å²) in [7, 11) is 3.72. The van der Waals surface area contributed by atoms with E-state index in [1.807, 2.05) is 51.6 Å². The molecule has 3 saturated carbocycles. The number of alkyl halides is 1. The topological polar surface area (TPSA) is 219 Å². The molecule has 2 heterocycles. The van der Waals surface area contributed by atoms with Crippen LogP contribution in [0, 0.1) is 52.3 Å². The van der Waals surface area contributed by atoms with E-state index in [-0.39, 0.29) is 67.4 Å². The number of hydrogen-bond donors (Lipinski definition) is 7.